The van der Waals surface area contributed by atoms with Crippen molar-refractivity contribution in [2.24, 2.45) is 101 Å². The molecule has 30 rings (SSSR count). The number of benzene rings is 12. The van der Waals surface area contributed by atoms with Gasteiger partial charge < -0.3 is 17.7 Å². The summed E-state index contributed by atoms with van der Waals surface area (Å²) >= 11 is 18.7. The maximum absolute atomic E-state index is 9.36. The van der Waals surface area contributed by atoms with Gasteiger partial charge in [-0.25, -0.2) is 89.9 Å². The van der Waals surface area contributed by atoms with Crippen molar-refractivity contribution in [1.29, 1.82) is 0 Å². The van der Waals surface area contributed by atoms with E-state index in [0.29, 0.717) is 159 Å². The molecule has 0 saturated carbocycles. The van der Waals surface area contributed by atoms with Crippen LogP contribution in [0.2, 0.25) is 0 Å². The van der Waals surface area contributed by atoms with Gasteiger partial charge >= 0.3 is 24.8 Å². The third-order valence-corrected chi connectivity index (χ3v) is 38.1. The van der Waals surface area contributed by atoms with E-state index < -0.39 is 35.6 Å². The molecule has 2 unspecified atom stereocenters. The summed E-state index contributed by atoms with van der Waals surface area (Å²) in [5.41, 5.74) is 9.76. The van der Waals surface area contributed by atoms with Gasteiger partial charge in [0, 0.05) is 169 Å². The Hall–Kier alpha value is -16.2. The first-order chi connectivity index (χ1) is 68.1. The molecule has 12 aromatic carbocycles. The molecule has 0 saturated heterocycles. The van der Waals surface area contributed by atoms with Crippen LogP contribution in [0.5, 0.6) is 0 Å². The highest BCUT2D eigenvalue weighted by molar-refractivity contribution is 7.15. The van der Waals surface area contributed by atoms with Crippen molar-refractivity contribution in [2.75, 3.05) is 26.4 Å². The number of aliphatic imine (C=N–C) groups is 12. The molecule has 18 heterocycles. The Balaban J connectivity index is 0.651. The average Bonchev–Trinajstić information content (AvgIpc) is 1.54. The average molecular weight is 1900 g/mol. The van der Waals surface area contributed by atoms with Crippen molar-refractivity contribution in [2.45, 2.75) is 27.7 Å². The van der Waals surface area contributed by atoms with E-state index in [0.717, 1.165) is 110 Å². The predicted octanol–water partition coefficient (Wildman–Crippen LogP) is 16.7. The number of fused-ring (bicyclic) bond motifs is 42. The highest BCUT2D eigenvalue weighted by Crippen LogP contribution is 2.50. The summed E-state index contributed by atoms with van der Waals surface area (Å²) in [6.07, 6.45) is 0. The van der Waals surface area contributed by atoms with Crippen LogP contribution in [0.3, 0.4) is 0 Å². The molecule has 0 aliphatic carbocycles. The number of halogens is 2. The minimum absolute atomic E-state index is 0.130. The van der Waals surface area contributed by atoms with E-state index in [1.165, 1.54) is 0 Å². The van der Waals surface area contributed by atoms with Gasteiger partial charge in [0.25, 0.3) is 0 Å². The third-order valence-electron chi connectivity index (χ3n) is 27.5. The Morgan fingerprint density at radius 2 is 0.345 bits per heavy atom. The van der Waals surface area contributed by atoms with Crippen molar-refractivity contribution in [3.63, 3.8) is 0 Å². The van der Waals surface area contributed by atoms with E-state index in [1.54, 1.807) is 0 Å². The summed E-state index contributed by atoms with van der Waals surface area (Å²) in [5.74, 6) is 7.80. The fourth-order valence-electron chi connectivity index (χ4n) is 21.1. The zero-order valence-corrected chi connectivity index (χ0v) is 78.7. The molecule has 18 bridgehead atoms. The van der Waals surface area contributed by atoms with Crippen molar-refractivity contribution in [3.8, 4) is 0 Å². The molecule has 12 aliphatic rings. The lowest BCUT2D eigenvalue weighted by atomic mass is 9.97. The SMILES string of the molecule is CC(C)(CO[Si]1(Cl)n2c3c4ccccc4c2N=C2N=C(N=c4c5ccccc5c(n41)=NC1=NC(=N3)c3ccccc31)c1ccccc12)CO[Si]1(OCC(C)(C)CO[Si]2(Cl)n3c4c5ccccc5c3N=C3N=C(N=c5c6ccccc6c(n52)=NC2=NC(=N4)c4ccccc42)c2ccccc23)n2c3c4ccccc4c2N=C2N=C(N=c4c5ccccc5c(n41)=NC1=NC(=N3)c3ccccc31)c1ccccc12. The Morgan fingerprint density at radius 3 is 0.547 bits per heavy atom. The van der Waals surface area contributed by atoms with Crippen LogP contribution in [0.25, 0.3) is 64.6 Å². The van der Waals surface area contributed by atoms with E-state index in [2.05, 4.69) is 60.4 Å². The summed E-state index contributed by atoms with van der Waals surface area (Å²) in [6, 6.07) is 96.9. The fourth-order valence-corrected chi connectivity index (χ4v) is 32.6. The Labute approximate surface area is 799 Å². The normalized spacial score (nSPS) is 19.0. The lowest BCUT2D eigenvalue weighted by Gasteiger charge is -2.39. The molecule has 33 heteroatoms. The molecule has 0 spiro atoms. The van der Waals surface area contributed by atoms with Gasteiger partial charge in [0.2, 0.25) is 0 Å². The largest absolute Gasteiger partial charge is 0.603 e. The van der Waals surface area contributed by atoms with E-state index in [4.69, 9.17) is 108 Å². The molecule has 18 aromatic rings. The molecule has 662 valence electrons. The van der Waals surface area contributed by atoms with Crippen molar-refractivity contribution in [1.82, 2.24) is 25.4 Å². The van der Waals surface area contributed by atoms with Gasteiger partial charge in [-0.3, -0.25) is 25.4 Å². The molecule has 0 amide bonds. The van der Waals surface area contributed by atoms with Gasteiger partial charge in [0.15, 0.2) is 70.0 Å². The van der Waals surface area contributed by atoms with Crippen LogP contribution in [0.1, 0.15) is 94.5 Å². The van der Waals surface area contributed by atoms with Crippen LogP contribution in [0, 0.1) is 10.8 Å². The maximum Gasteiger partial charge on any atom is 0.603 e. The number of hydrogen-bond donors (Lipinski definition) is 0. The summed E-state index contributed by atoms with van der Waals surface area (Å²) in [6.45, 7) is 7.87. The topological polar surface area (TPSA) is 289 Å². The van der Waals surface area contributed by atoms with Gasteiger partial charge in [0.05, 0.1) is 0 Å². The zero-order valence-electron chi connectivity index (χ0n) is 74.2. The van der Waals surface area contributed by atoms with Gasteiger partial charge in [-0.05, 0) is 0 Å². The predicted molar refractivity (Wildman–Crippen MR) is 546 cm³/mol. The summed E-state index contributed by atoms with van der Waals surface area (Å²) in [7, 11) is -14.8. The molecule has 0 fully saturated rings. The minimum atomic E-state index is -5.23. The summed E-state index contributed by atoms with van der Waals surface area (Å²) in [5, 5.41) is 8.78. The number of hydrogen-bond acceptors (Lipinski definition) is 22. The molecule has 12 aliphatic heterocycles. The highest BCUT2D eigenvalue weighted by Gasteiger charge is 2.58. The van der Waals surface area contributed by atoms with Crippen molar-refractivity contribution in [3.05, 3.63) is 391 Å². The molecule has 6 aromatic heterocycles. The monoisotopic (exact) mass is 1890 g/mol. The number of rotatable bonds is 12. The van der Waals surface area contributed by atoms with E-state index in [-0.39, 0.29) is 26.4 Å². The lowest BCUT2D eigenvalue weighted by molar-refractivity contribution is 0.0359. The van der Waals surface area contributed by atoms with Gasteiger partial charge in [-0.2, -0.15) is 0 Å². The van der Waals surface area contributed by atoms with Crippen LogP contribution in [0.4, 0.5) is 34.9 Å². The second kappa shape index (κ2) is 28.5. The first-order valence-electron chi connectivity index (χ1n) is 45.8. The van der Waals surface area contributed by atoms with Crippen molar-refractivity contribution >= 4 is 217 Å². The summed E-state index contributed by atoms with van der Waals surface area (Å²) < 4.78 is 46.2. The van der Waals surface area contributed by atoms with Crippen LogP contribution >= 0.6 is 22.2 Å². The standard InChI is InChI=1S/C106H68Cl2N24O4Si3/c1-105(2,53-133-137(107)127-93-69-41-17-18-42-70(69)95(127)117-83-59-31-7-8-32-60(59)84(110-83)118-96-72-44-20-19-43-71(72)94(128(96)137)116-82-58-30-6-5-29-57(58)81(109-82)115-93)55-135-139(131-101-77-49-25-26-50-78(77)103(131)125-91-67-39-15-16-40-68(67)92(114-91)126-104-80-52-28-27-51-79(80)102(132(104)139)124-90-66-38-14-13-37-65(66)89(113-90)123-101)136-56-106(3,4)54-134-138(108)129-97-73-45-21-22-46-74(73)99(129)121-87-63-35-11-12-36-64(63)88(112-87)122-100-76-48-24-23-47-75(76)98(130(100)138)120-86-62-34-10-9-33-61(62)85(111-86)119-97/h5-52H,53-56H2,1-4H3. The van der Waals surface area contributed by atoms with Crippen LogP contribution < -0.4 is 32.9 Å². The fraction of sp³-hybridized carbons (Fsp3) is 0.0943. The van der Waals surface area contributed by atoms with Crippen molar-refractivity contribution < 1.29 is 17.7 Å². The maximum atomic E-state index is 9.36. The Bertz CT molecular complexity index is 8900. The van der Waals surface area contributed by atoms with Crippen LogP contribution in [-0.4, -0.2) is 147 Å². The first-order valence-corrected chi connectivity index (χ1v) is 53.1. The summed E-state index contributed by atoms with van der Waals surface area (Å²) in [4.78, 5) is 102. The van der Waals surface area contributed by atoms with Gasteiger partial charge in [-0.15, -0.1) is 0 Å². The number of amidine groups is 12. The Morgan fingerprint density at radius 1 is 0.187 bits per heavy atom. The zero-order chi connectivity index (χ0) is 92.0. The molecule has 0 N–H and O–H groups in total. The third kappa shape index (κ3) is 11.2. The van der Waals surface area contributed by atoms with Crippen LogP contribution in [-0.2, 0) is 17.7 Å². The smallest absolute Gasteiger partial charge is 0.370 e. The van der Waals surface area contributed by atoms with E-state index in [9.17, 15) is 22.2 Å². The lowest BCUT2D eigenvalue weighted by Crippen LogP contribution is -2.65. The molecule has 28 nitrogen and oxygen atoms in total. The molecule has 0 radical (unpaired) electrons. The number of nitrogens with zero attached hydrogens (tertiary/aromatic N) is 24. The van der Waals surface area contributed by atoms with E-state index in [1.807, 2.05) is 284 Å². The van der Waals surface area contributed by atoms with E-state index >= 15 is 0 Å². The van der Waals surface area contributed by atoms with Gasteiger partial charge in [-0.1, -0.05) is 341 Å². The second-order valence-corrected chi connectivity index (χ2v) is 47.4. The molecule has 2 atom stereocenters. The molecular weight excluding hydrogens is 1830 g/mol. The van der Waals surface area contributed by atoms with Gasteiger partial charge in [0.1, 0.15) is 67.8 Å². The molecule has 139 heavy (non-hydrogen) atoms. The highest BCUT2D eigenvalue weighted by atomic mass is 35.6. The number of aromatic nitrogens is 6. The quantitative estimate of drug-likeness (QED) is 0.0851. The van der Waals surface area contributed by atoms with Crippen LogP contribution in [0.15, 0.2) is 381 Å². The first kappa shape index (κ1) is 79.1. The molecular formula is C106H68Cl2N24O4Si3. The minimum Gasteiger partial charge on any atom is -0.370 e. The second-order valence-electron chi connectivity index (χ2n) is 37.4. The Kier molecular flexibility index (Phi) is 16.2.